The van der Waals surface area contributed by atoms with E-state index in [4.69, 9.17) is 5.11 Å². The van der Waals surface area contributed by atoms with Gasteiger partial charge in [-0.1, -0.05) is 0 Å². The number of aliphatic carboxylic acids is 1. The van der Waals surface area contributed by atoms with Gasteiger partial charge in [-0.05, 0) is 38.6 Å². The van der Waals surface area contributed by atoms with Crippen molar-refractivity contribution in [2.75, 3.05) is 19.6 Å². The number of rotatable bonds is 5. The fraction of sp³-hybridized carbons (Fsp3) is 0.909. The van der Waals surface area contributed by atoms with E-state index in [0.29, 0.717) is 12.5 Å². The second-order valence-corrected chi connectivity index (χ2v) is 4.55. The van der Waals surface area contributed by atoms with Gasteiger partial charge in [-0.2, -0.15) is 0 Å². The van der Waals surface area contributed by atoms with Crippen LogP contribution in [-0.4, -0.2) is 46.8 Å². The van der Waals surface area contributed by atoms with Crippen molar-refractivity contribution in [3.63, 3.8) is 0 Å². The zero-order valence-electron chi connectivity index (χ0n) is 9.35. The number of β-amino-alcohol motifs (C(OH)–C–C–N with tert-alkyl or cyclic N) is 1. The molecule has 1 saturated heterocycles. The molecule has 4 nitrogen and oxygen atoms in total. The Bertz CT molecular complexity index is 206. The Morgan fingerprint density at radius 2 is 2.33 bits per heavy atom. The highest BCUT2D eigenvalue weighted by molar-refractivity contribution is 5.66. The van der Waals surface area contributed by atoms with Crippen LogP contribution >= 0.6 is 0 Å². The van der Waals surface area contributed by atoms with Crippen molar-refractivity contribution in [1.29, 1.82) is 0 Å². The van der Waals surface area contributed by atoms with Crippen LogP contribution in [0.5, 0.6) is 0 Å². The van der Waals surface area contributed by atoms with Crippen molar-refractivity contribution in [2.45, 2.75) is 38.7 Å². The Kier molecular flexibility index (Phi) is 5.05. The summed E-state index contributed by atoms with van der Waals surface area (Å²) < 4.78 is 0. The number of nitrogens with zero attached hydrogens (tertiary/aromatic N) is 1. The third-order valence-electron chi connectivity index (χ3n) is 2.89. The van der Waals surface area contributed by atoms with Crippen LogP contribution in [0.2, 0.25) is 0 Å². The minimum atomic E-state index is -0.706. The number of hydrogen-bond donors (Lipinski definition) is 2. The molecule has 0 aromatic rings. The van der Waals surface area contributed by atoms with E-state index >= 15 is 0 Å². The van der Waals surface area contributed by atoms with Gasteiger partial charge in [-0.25, -0.2) is 0 Å². The van der Waals surface area contributed by atoms with Crippen LogP contribution in [0.15, 0.2) is 0 Å². The van der Waals surface area contributed by atoms with E-state index in [1.807, 2.05) is 0 Å². The highest BCUT2D eigenvalue weighted by Crippen LogP contribution is 2.20. The molecule has 0 aliphatic carbocycles. The van der Waals surface area contributed by atoms with Crippen molar-refractivity contribution >= 4 is 5.97 Å². The quantitative estimate of drug-likeness (QED) is 0.716. The van der Waals surface area contributed by atoms with Gasteiger partial charge in [-0.15, -0.1) is 0 Å². The number of aliphatic hydroxyl groups is 1. The number of hydrogen-bond acceptors (Lipinski definition) is 3. The highest BCUT2D eigenvalue weighted by atomic mass is 16.4. The fourth-order valence-electron chi connectivity index (χ4n) is 2.25. The van der Waals surface area contributed by atoms with Crippen LogP contribution < -0.4 is 0 Å². The molecule has 88 valence electrons. The first-order chi connectivity index (χ1) is 7.08. The molecule has 2 atom stereocenters. The van der Waals surface area contributed by atoms with E-state index in [0.717, 1.165) is 32.4 Å². The molecule has 1 aliphatic heterocycles. The van der Waals surface area contributed by atoms with Crippen molar-refractivity contribution in [2.24, 2.45) is 5.92 Å². The predicted octanol–water partition coefficient (Wildman–Crippen LogP) is 0.944. The molecule has 0 amide bonds. The third kappa shape index (κ3) is 5.14. The average molecular weight is 215 g/mol. The normalized spacial score (nSPS) is 25.1. The van der Waals surface area contributed by atoms with E-state index in [-0.39, 0.29) is 12.5 Å². The monoisotopic (exact) mass is 215 g/mol. The van der Waals surface area contributed by atoms with Crippen molar-refractivity contribution in [3.05, 3.63) is 0 Å². The maximum Gasteiger partial charge on any atom is 0.303 e. The Hall–Kier alpha value is -0.610. The van der Waals surface area contributed by atoms with Gasteiger partial charge in [-0.3, -0.25) is 4.79 Å². The molecular formula is C11H21NO3. The van der Waals surface area contributed by atoms with E-state index < -0.39 is 5.97 Å². The molecule has 0 aromatic carbocycles. The van der Waals surface area contributed by atoms with Crippen molar-refractivity contribution in [1.82, 2.24) is 4.90 Å². The van der Waals surface area contributed by atoms with E-state index in [1.165, 1.54) is 0 Å². The van der Waals surface area contributed by atoms with Crippen LogP contribution in [-0.2, 0) is 4.79 Å². The van der Waals surface area contributed by atoms with Crippen molar-refractivity contribution in [3.8, 4) is 0 Å². The largest absolute Gasteiger partial charge is 0.481 e. The molecule has 15 heavy (non-hydrogen) atoms. The molecule has 2 N–H and O–H groups in total. The van der Waals surface area contributed by atoms with E-state index in [1.54, 1.807) is 6.92 Å². The summed E-state index contributed by atoms with van der Waals surface area (Å²) >= 11 is 0. The minimum absolute atomic E-state index is 0.271. The maximum absolute atomic E-state index is 10.4. The number of carbonyl (C=O) groups is 1. The van der Waals surface area contributed by atoms with Crippen molar-refractivity contribution < 1.29 is 15.0 Å². The topological polar surface area (TPSA) is 60.8 Å². The molecule has 0 aromatic heterocycles. The summed E-state index contributed by atoms with van der Waals surface area (Å²) in [5.41, 5.74) is 0. The summed E-state index contributed by atoms with van der Waals surface area (Å²) in [5, 5.41) is 17.9. The summed E-state index contributed by atoms with van der Waals surface area (Å²) in [4.78, 5) is 12.7. The lowest BCUT2D eigenvalue weighted by molar-refractivity contribution is -0.137. The minimum Gasteiger partial charge on any atom is -0.481 e. The van der Waals surface area contributed by atoms with Gasteiger partial charge in [0.15, 0.2) is 0 Å². The van der Waals surface area contributed by atoms with Gasteiger partial charge < -0.3 is 15.1 Å². The predicted molar refractivity (Wildman–Crippen MR) is 57.7 cm³/mol. The van der Waals surface area contributed by atoms with E-state index in [9.17, 15) is 9.90 Å². The fourth-order valence-corrected chi connectivity index (χ4v) is 2.25. The molecule has 0 spiro atoms. The molecule has 1 rings (SSSR count). The number of aliphatic hydroxyl groups excluding tert-OH is 1. The first kappa shape index (κ1) is 12.5. The Morgan fingerprint density at radius 3 is 2.93 bits per heavy atom. The lowest BCUT2D eigenvalue weighted by atomic mass is 9.93. The van der Waals surface area contributed by atoms with Gasteiger partial charge in [0.05, 0.1) is 6.10 Å². The summed E-state index contributed by atoms with van der Waals surface area (Å²) in [6.45, 7) is 4.48. The Balaban J connectivity index is 2.25. The Labute approximate surface area is 90.9 Å². The SMILES string of the molecule is CC(O)CN1CCCC(CCC(=O)O)C1. The number of carboxylic acid groups (broad SMARTS) is 1. The average Bonchev–Trinajstić information content (AvgIpc) is 2.14. The number of carboxylic acids is 1. The zero-order chi connectivity index (χ0) is 11.3. The van der Waals surface area contributed by atoms with Crippen LogP contribution in [0, 0.1) is 5.92 Å². The summed E-state index contributed by atoms with van der Waals surface area (Å²) in [6, 6.07) is 0. The van der Waals surface area contributed by atoms with Gasteiger partial charge in [0, 0.05) is 19.5 Å². The number of likely N-dealkylation sites (tertiary alicyclic amines) is 1. The van der Waals surface area contributed by atoms with Crippen LogP contribution in [0.3, 0.4) is 0 Å². The summed E-state index contributed by atoms with van der Waals surface area (Å²) in [7, 11) is 0. The lowest BCUT2D eigenvalue weighted by Crippen LogP contribution is -2.39. The molecule has 0 radical (unpaired) electrons. The zero-order valence-corrected chi connectivity index (χ0v) is 9.35. The molecule has 1 fully saturated rings. The number of piperidine rings is 1. The van der Waals surface area contributed by atoms with Crippen LogP contribution in [0.1, 0.15) is 32.6 Å². The second kappa shape index (κ2) is 6.08. The molecular weight excluding hydrogens is 194 g/mol. The molecule has 0 bridgehead atoms. The summed E-state index contributed by atoms with van der Waals surface area (Å²) in [5.74, 6) is -0.212. The van der Waals surface area contributed by atoms with Gasteiger partial charge in [0.1, 0.15) is 0 Å². The first-order valence-electron chi connectivity index (χ1n) is 5.70. The highest BCUT2D eigenvalue weighted by Gasteiger charge is 2.20. The van der Waals surface area contributed by atoms with Gasteiger partial charge >= 0.3 is 5.97 Å². The van der Waals surface area contributed by atoms with Crippen LogP contribution in [0.25, 0.3) is 0 Å². The molecule has 0 saturated carbocycles. The van der Waals surface area contributed by atoms with Gasteiger partial charge in [0.25, 0.3) is 0 Å². The molecule has 1 aliphatic rings. The van der Waals surface area contributed by atoms with Crippen LogP contribution in [0.4, 0.5) is 0 Å². The van der Waals surface area contributed by atoms with E-state index in [2.05, 4.69) is 4.90 Å². The van der Waals surface area contributed by atoms with Gasteiger partial charge in [0.2, 0.25) is 0 Å². The smallest absolute Gasteiger partial charge is 0.303 e. The standard InChI is InChI=1S/C11H21NO3/c1-9(13)7-12-6-2-3-10(8-12)4-5-11(14)15/h9-10,13H,2-8H2,1H3,(H,14,15). The third-order valence-corrected chi connectivity index (χ3v) is 2.89. The molecule has 2 unspecified atom stereocenters. The maximum atomic E-state index is 10.4. The molecule has 1 heterocycles. The Morgan fingerprint density at radius 1 is 1.60 bits per heavy atom. The lowest BCUT2D eigenvalue weighted by Gasteiger charge is -2.33. The summed E-state index contributed by atoms with van der Waals surface area (Å²) in [6.07, 6.45) is 3.00. The first-order valence-corrected chi connectivity index (χ1v) is 5.70. The molecule has 4 heteroatoms. The second-order valence-electron chi connectivity index (χ2n) is 4.55.